The monoisotopic (exact) mass is 228 g/mol. The molecule has 1 unspecified atom stereocenters. The van der Waals surface area contributed by atoms with Gasteiger partial charge in [-0.3, -0.25) is 0 Å². The summed E-state index contributed by atoms with van der Waals surface area (Å²) in [4.78, 5) is 0. The lowest BCUT2D eigenvalue weighted by Gasteiger charge is -2.08. The summed E-state index contributed by atoms with van der Waals surface area (Å²) in [5, 5.41) is 8.64. The van der Waals surface area contributed by atoms with Crippen LogP contribution < -0.4 is 4.74 Å². The molecule has 0 fully saturated rings. The molecule has 1 aromatic carbocycles. The number of benzene rings is 1. The van der Waals surface area contributed by atoms with E-state index >= 15 is 0 Å². The van der Waals surface area contributed by atoms with Gasteiger partial charge in [0, 0.05) is 23.5 Å². The van der Waals surface area contributed by atoms with Crippen LogP contribution in [0.5, 0.6) is 5.75 Å². The molecule has 15 heavy (non-hydrogen) atoms. The molecule has 1 aromatic rings. The minimum Gasteiger partial charge on any atom is -0.489 e. The van der Waals surface area contributed by atoms with Gasteiger partial charge in [-0.2, -0.15) is 11.8 Å². The molecular formula is C11H13FO2S. The van der Waals surface area contributed by atoms with Crippen molar-refractivity contribution in [3.8, 4) is 5.75 Å². The van der Waals surface area contributed by atoms with Crippen LogP contribution in [0, 0.1) is 5.82 Å². The lowest BCUT2D eigenvalue weighted by molar-refractivity contribution is 0.259. The molecule has 0 aromatic heterocycles. The van der Waals surface area contributed by atoms with Crippen LogP contribution in [0.4, 0.5) is 4.39 Å². The van der Waals surface area contributed by atoms with Crippen molar-refractivity contribution < 1.29 is 14.2 Å². The average Bonchev–Trinajstić information content (AvgIpc) is 2.60. The van der Waals surface area contributed by atoms with E-state index < -0.39 is 0 Å². The van der Waals surface area contributed by atoms with E-state index in [1.165, 1.54) is 12.1 Å². The van der Waals surface area contributed by atoms with E-state index in [9.17, 15) is 4.39 Å². The van der Waals surface area contributed by atoms with E-state index in [-0.39, 0.29) is 18.5 Å². The Kier molecular flexibility index (Phi) is 3.49. The van der Waals surface area contributed by atoms with Gasteiger partial charge in [0.15, 0.2) is 0 Å². The van der Waals surface area contributed by atoms with Crippen molar-refractivity contribution in [3.05, 3.63) is 29.6 Å². The first-order valence-corrected chi connectivity index (χ1v) is 6.09. The van der Waals surface area contributed by atoms with Gasteiger partial charge in [0.05, 0.1) is 6.61 Å². The van der Waals surface area contributed by atoms with Crippen molar-refractivity contribution in [2.75, 3.05) is 18.1 Å². The minimum atomic E-state index is -0.207. The molecule has 1 N–H and O–H groups in total. The van der Waals surface area contributed by atoms with Gasteiger partial charge in [-0.05, 0) is 18.2 Å². The number of fused-ring (bicyclic) bond motifs is 1. The molecule has 0 amide bonds. The number of hydrogen-bond acceptors (Lipinski definition) is 3. The predicted octanol–water partition coefficient (Wildman–Crippen LogP) is 1.85. The maximum Gasteiger partial charge on any atom is 0.123 e. The maximum atomic E-state index is 12.9. The van der Waals surface area contributed by atoms with E-state index in [0.29, 0.717) is 0 Å². The number of thioether (sulfide) groups is 1. The SMILES string of the molecule is OCCSCC1Cc2cc(F)ccc2O1. The van der Waals surface area contributed by atoms with Gasteiger partial charge in [0.25, 0.3) is 0 Å². The Labute approximate surface area is 92.4 Å². The highest BCUT2D eigenvalue weighted by atomic mass is 32.2. The van der Waals surface area contributed by atoms with Crippen molar-refractivity contribution in [2.24, 2.45) is 0 Å². The molecule has 1 aliphatic heterocycles. The molecular weight excluding hydrogens is 215 g/mol. The Balaban J connectivity index is 1.91. The van der Waals surface area contributed by atoms with Gasteiger partial charge in [-0.1, -0.05) is 0 Å². The molecule has 1 heterocycles. The Morgan fingerprint density at radius 2 is 2.40 bits per heavy atom. The van der Waals surface area contributed by atoms with Gasteiger partial charge in [-0.25, -0.2) is 4.39 Å². The Morgan fingerprint density at radius 3 is 3.20 bits per heavy atom. The fourth-order valence-electron chi connectivity index (χ4n) is 1.66. The van der Waals surface area contributed by atoms with Gasteiger partial charge in [0.1, 0.15) is 17.7 Å². The van der Waals surface area contributed by atoms with Crippen molar-refractivity contribution in [1.29, 1.82) is 0 Å². The summed E-state index contributed by atoms with van der Waals surface area (Å²) in [6.45, 7) is 0.193. The third-order valence-electron chi connectivity index (χ3n) is 2.30. The zero-order valence-electron chi connectivity index (χ0n) is 8.28. The summed E-state index contributed by atoms with van der Waals surface area (Å²) >= 11 is 1.66. The number of aliphatic hydroxyl groups excluding tert-OH is 1. The Bertz CT molecular complexity index is 343. The van der Waals surface area contributed by atoms with E-state index in [1.807, 2.05) is 0 Å². The standard InChI is InChI=1S/C11H13FO2S/c12-9-1-2-11-8(5-9)6-10(14-11)7-15-4-3-13/h1-2,5,10,13H,3-4,6-7H2. The summed E-state index contributed by atoms with van der Waals surface area (Å²) in [6, 6.07) is 4.63. The first-order chi connectivity index (χ1) is 7.29. The highest BCUT2D eigenvalue weighted by Gasteiger charge is 2.22. The van der Waals surface area contributed by atoms with Crippen molar-refractivity contribution in [1.82, 2.24) is 0 Å². The first-order valence-electron chi connectivity index (χ1n) is 4.93. The molecule has 0 saturated heterocycles. The van der Waals surface area contributed by atoms with E-state index in [1.54, 1.807) is 17.8 Å². The van der Waals surface area contributed by atoms with Crippen LogP contribution in [0.15, 0.2) is 18.2 Å². The third kappa shape index (κ3) is 2.63. The summed E-state index contributed by atoms with van der Waals surface area (Å²) in [7, 11) is 0. The number of hydrogen-bond donors (Lipinski definition) is 1. The molecule has 0 saturated carbocycles. The van der Waals surface area contributed by atoms with Gasteiger partial charge in [0.2, 0.25) is 0 Å². The number of aliphatic hydroxyl groups is 1. The fraction of sp³-hybridized carbons (Fsp3) is 0.455. The summed E-state index contributed by atoms with van der Waals surface area (Å²) < 4.78 is 18.5. The predicted molar refractivity (Wildman–Crippen MR) is 58.9 cm³/mol. The topological polar surface area (TPSA) is 29.5 Å². The molecule has 82 valence electrons. The molecule has 2 rings (SSSR count). The Morgan fingerprint density at radius 1 is 1.53 bits per heavy atom. The fourth-order valence-corrected chi connectivity index (χ4v) is 2.41. The van der Waals surface area contributed by atoms with E-state index in [4.69, 9.17) is 9.84 Å². The molecule has 2 nitrogen and oxygen atoms in total. The summed E-state index contributed by atoms with van der Waals surface area (Å²) in [5.74, 6) is 2.16. The molecule has 0 radical (unpaired) electrons. The average molecular weight is 228 g/mol. The number of rotatable bonds is 4. The highest BCUT2D eigenvalue weighted by Crippen LogP contribution is 2.30. The van der Waals surface area contributed by atoms with Crippen LogP contribution in [-0.4, -0.2) is 29.3 Å². The molecule has 0 bridgehead atoms. The first kappa shape index (κ1) is 10.8. The molecule has 1 atom stereocenters. The van der Waals surface area contributed by atoms with Crippen LogP contribution in [0.3, 0.4) is 0 Å². The smallest absolute Gasteiger partial charge is 0.123 e. The lowest BCUT2D eigenvalue weighted by atomic mass is 10.1. The number of halogens is 1. The van der Waals surface area contributed by atoms with Crippen LogP contribution in [-0.2, 0) is 6.42 Å². The van der Waals surface area contributed by atoms with Crippen LogP contribution in [0.2, 0.25) is 0 Å². The zero-order valence-corrected chi connectivity index (χ0v) is 9.10. The van der Waals surface area contributed by atoms with Crippen molar-refractivity contribution in [2.45, 2.75) is 12.5 Å². The van der Waals surface area contributed by atoms with E-state index in [0.717, 1.165) is 29.2 Å². The van der Waals surface area contributed by atoms with Crippen LogP contribution >= 0.6 is 11.8 Å². The van der Waals surface area contributed by atoms with Crippen molar-refractivity contribution in [3.63, 3.8) is 0 Å². The van der Waals surface area contributed by atoms with Crippen LogP contribution in [0.25, 0.3) is 0 Å². The third-order valence-corrected chi connectivity index (χ3v) is 3.38. The molecule has 0 aliphatic carbocycles. The van der Waals surface area contributed by atoms with E-state index in [2.05, 4.69) is 0 Å². The largest absolute Gasteiger partial charge is 0.489 e. The Hall–Kier alpha value is -0.740. The second-order valence-electron chi connectivity index (χ2n) is 3.49. The lowest BCUT2D eigenvalue weighted by Crippen LogP contribution is -2.16. The van der Waals surface area contributed by atoms with Gasteiger partial charge >= 0.3 is 0 Å². The normalized spacial score (nSPS) is 18.7. The summed E-state index contributed by atoms with van der Waals surface area (Å²) in [5.41, 5.74) is 0.949. The quantitative estimate of drug-likeness (QED) is 0.798. The maximum absolute atomic E-state index is 12.9. The molecule has 1 aliphatic rings. The zero-order chi connectivity index (χ0) is 10.7. The summed E-state index contributed by atoms with van der Waals surface area (Å²) in [6.07, 6.45) is 0.893. The molecule has 0 spiro atoms. The second kappa shape index (κ2) is 4.86. The highest BCUT2D eigenvalue weighted by molar-refractivity contribution is 7.99. The van der Waals surface area contributed by atoms with Gasteiger partial charge in [-0.15, -0.1) is 0 Å². The number of ether oxygens (including phenoxy) is 1. The second-order valence-corrected chi connectivity index (χ2v) is 4.64. The molecule has 4 heteroatoms. The minimum absolute atomic E-state index is 0.123. The van der Waals surface area contributed by atoms with Crippen molar-refractivity contribution >= 4 is 11.8 Å². The van der Waals surface area contributed by atoms with Gasteiger partial charge < -0.3 is 9.84 Å². The van der Waals surface area contributed by atoms with Crippen LogP contribution in [0.1, 0.15) is 5.56 Å².